The second-order valence-corrected chi connectivity index (χ2v) is 6.47. The van der Waals surface area contributed by atoms with Crippen molar-refractivity contribution in [3.63, 3.8) is 0 Å². The Kier molecular flexibility index (Phi) is 5.03. The zero-order valence-corrected chi connectivity index (χ0v) is 15.0. The van der Waals surface area contributed by atoms with Gasteiger partial charge >= 0.3 is 0 Å². The average Bonchev–Trinajstić information content (AvgIpc) is 3.24. The molecule has 1 unspecified atom stereocenters. The van der Waals surface area contributed by atoms with E-state index in [4.69, 9.17) is 4.42 Å². The van der Waals surface area contributed by atoms with Gasteiger partial charge < -0.3 is 9.73 Å². The van der Waals surface area contributed by atoms with Gasteiger partial charge in [0.25, 0.3) is 5.91 Å². The van der Waals surface area contributed by atoms with Crippen molar-refractivity contribution >= 4 is 17.2 Å². The average molecular weight is 396 g/mol. The lowest BCUT2D eigenvalue weighted by molar-refractivity contribution is -0.112. The van der Waals surface area contributed by atoms with Crippen LogP contribution >= 0.6 is 0 Å². The molecule has 1 N–H and O–H groups in total. The molecule has 0 fully saturated rings. The fraction of sp³-hybridized carbons (Fsp3) is 0.0909. The molecule has 0 spiro atoms. The van der Waals surface area contributed by atoms with Gasteiger partial charge in [0.15, 0.2) is 0 Å². The number of anilines is 1. The van der Waals surface area contributed by atoms with Crippen LogP contribution in [0.15, 0.2) is 77.1 Å². The van der Waals surface area contributed by atoms with E-state index in [0.717, 1.165) is 12.1 Å². The molecule has 7 heteroatoms. The molecule has 3 aromatic rings. The number of amides is 1. The SMILES string of the molecule is O=C(Nc1ccc(F)cc1)C1=CCC(c2ncco2)C=C1c1c(F)cccc1F. The zero-order chi connectivity index (χ0) is 20.4. The summed E-state index contributed by atoms with van der Waals surface area (Å²) in [7, 11) is 0. The minimum absolute atomic E-state index is 0.106. The van der Waals surface area contributed by atoms with Crippen LogP contribution in [-0.2, 0) is 4.79 Å². The van der Waals surface area contributed by atoms with Crippen LogP contribution in [0.1, 0.15) is 23.8 Å². The highest BCUT2D eigenvalue weighted by molar-refractivity contribution is 6.15. The predicted octanol–water partition coefficient (Wildman–Crippen LogP) is 5.23. The van der Waals surface area contributed by atoms with Gasteiger partial charge in [0.2, 0.25) is 5.89 Å². The molecule has 29 heavy (non-hydrogen) atoms. The second kappa shape index (κ2) is 7.79. The fourth-order valence-corrected chi connectivity index (χ4v) is 3.22. The Morgan fingerprint density at radius 1 is 1.07 bits per heavy atom. The predicted molar refractivity (Wildman–Crippen MR) is 101 cm³/mol. The number of oxazole rings is 1. The van der Waals surface area contributed by atoms with E-state index >= 15 is 0 Å². The third kappa shape index (κ3) is 3.85. The Morgan fingerprint density at radius 2 is 1.79 bits per heavy atom. The molecule has 146 valence electrons. The lowest BCUT2D eigenvalue weighted by Crippen LogP contribution is -2.19. The molecule has 1 heterocycles. The molecule has 1 amide bonds. The number of benzene rings is 2. The maximum Gasteiger partial charge on any atom is 0.255 e. The van der Waals surface area contributed by atoms with Crippen molar-refractivity contribution in [2.24, 2.45) is 0 Å². The number of hydrogen-bond acceptors (Lipinski definition) is 3. The lowest BCUT2D eigenvalue weighted by atomic mass is 9.85. The van der Waals surface area contributed by atoms with Crippen LogP contribution in [0.4, 0.5) is 18.9 Å². The molecule has 1 atom stereocenters. The monoisotopic (exact) mass is 396 g/mol. The summed E-state index contributed by atoms with van der Waals surface area (Å²) in [5, 5.41) is 2.63. The first-order valence-electron chi connectivity index (χ1n) is 8.86. The maximum atomic E-state index is 14.5. The van der Waals surface area contributed by atoms with E-state index in [0.29, 0.717) is 18.0 Å². The number of aromatic nitrogens is 1. The topological polar surface area (TPSA) is 55.1 Å². The number of halogens is 3. The minimum atomic E-state index is -0.787. The van der Waals surface area contributed by atoms with E-state index in [1.807, 2.05) is 0 Å². The number of nitrogens with zero attached hydrogens (tertiary/aromatic N) is 1. The van der Waals surface area contributed by atoms with E-state index in [2.05, 4.69) is 10.3 Å². The molecule has 0 saturated carbocycles. The number of hydrogen-bond donors (Lipinski definition) is 1. The van der Waals surface area contributed by atoms with Crippen LogP contribution in [0.5, 0.6) is 0 Å². The Morgan fingerprint density at radius 3 is 2.45 bits per heavy atom. The lowest BCUT2D eigenvalue weighted by Gasteiger charge is -2.21. The maximum absolute atomic E-state index is 14.5. The summed E-state index contributed by atoms with van der Waals surface area (Å²) >= 11 is 0. The van der Waals surface area contributed by atoms with Gasteiger partial charge in [0.1, 0.15) is 23.7 Å². The first-order valence-corrected chi connectivity index (χ1v) is 8.86. The summed E-state index contributed by atoms with van der Waals surface area (Å²) in [6.07, 6.45) is 6.42. The highest BCUT2D eigenvalue weighted by atomic mass is 19.1. The summed E-state index contributed by atoms with van der Waals surface area (Å²) in [5.41, 5.74) is 0.278. The van der Waals surface area contributed by atoms with Gasteiger partial charge in [-0.2, -0.15) is 0 Å². The van der Waals surface area contributed by atoms with Crippen molar-refractivity contribution < 1.29 is 22.4 Å². The molecule has 4 nitrogen and oxygen atoms in total. The van der Waals surface area contributed by atoms with Crippen LogP contribution in [0.2, 0.25) is 0 Å². The van der Waals surface area contributed by atoms with Gasteiger partial charge in [0, 0.05) is 11.3 Å². The summed E-state index contributed by atoms with van der Waals surface area (Å²) in [6, 6.07) is 8.73. The highest BCUT2D eigenvalue weighted by Gasteiger charge is 2.28. The van der Waals surface area contributed by atoms with Crippen LogP contribution in [-0.4, -0.2) is 10.9 Å². The Bertz CT molecular complexity index is 1080. The summed E-state index contributed by atoms with van der Waals surface area (Å²) < 4.78 is 47.4. The first-order chi connectivity index (χ1) is 14.0. The molecule has 4 rings (SSSR count). The quantitative estimate of drug-likeness (QED) is 0.657. The number of allylic oxidation sites excluding steroid dienone is 2. The van der Waals surface area contributed by atoms with Crippen molar-refractivity contribution in [1.82, 2.24) is 4.98 Å². The summed E-state index contributed by atoms with van der Waals surface area (Å²) in [5.74, 6) is -2.57. The van der Waals surface area contributed by atoms with E-state index in [1.165, 1.54) is 42.8 Å². The Labute approximate surface area is 164 Å². The van der Waals surface area contributed by atoms with Gasteiger partial charge in [0.05, 0.1) is 17.7 Å². The number of carbonyl (C=O) groups is 1. The Hall–Kier alpha value is -3.61. The van der Waals surface area contributed by atoms with Crippen molar-refractivity contribution in [3.8, 4) is 0 Å². The normalized spacial score (nSPS) is 16.2. The second-order valence-electron chi connectivity index (χ2n) is 6.47. The highest BCUT2D eigenvalue weighted by Crippen LogP contribution is 2.37. The van der Waals surface area contributed by atoms with Crippen molar-refractivity contribution in [3.05, 3.63) is 102 Å². The summed E-state index contributed by atoms with van der Waals surface area (Å²) in [4.78, 5) is 16.9. The van der Waals surface area contributed by atoms with Gasteiger partial charge in [-0.3, -0.25) is 4.79 Å². The first kappa shape index (κ1) is 18.7. The minimum Gasteiger partial charge on any atom is -0.448 e. The van der Waals surface area contributed by atoms with E-state index in [9.17, 15) is 18.0 Å². The fourth-order valence-electron chi connectivity index (χ4n) is 3.22. The number of carbonyl (C=O) groups excluding carboxylic acids is 1. The third-order valence-electron chi connectivity index (χ3n) is 4.58. The molecule has 2 aromatic carbocycles. The van der Waals surface area contributed by atoms with Gasteiger partial charge in [-0.05, 0) is 48.4 Å². The smallest absolute Gasteiger partial charge is 0.255 e. The number of nitrogens with one attached hydrogen (secondary N) is 1. The molecule has 0 bridgehead atoms. The van der Waals surface area contributed by atoms with E-state index < -0.39 is 23.4 Å². The number of rotatable bonds is 4. The summed E-state index contributed by atoms with van der Waals surface area (Å²) in [6.45, 7) is 0. The van der Waals surface area contributed by atoms with Crippen LogP contribution < -0.4 is 5.32 Å². The van der Waals surface area contributed by atoms with Crippen LogP contribution in [0.3, 0.4) is 0 Å². The van der Waals surface area contributed by atoms with Gasteiger partial charge in [-0.15, -0.1) is 0 Å². The molecule has 0 radical (unpaired) electrons. The third-order valence-corrected chi connectivity index (χ3v) is 4.58. The van der Waals surface area contributed by atoms with Crippen molar-refractivity contribution in [2.45, 2.75) is 12.3 Å². The van der Waals surface area contributed by atoms with E-state index in [-0.39, 0.29) is 22.6 Å². The molecular weight excluding hydrogens is 381 g/mol. The van der Waals surface area contributed by atoms with E-state index in [1.54, 1.807) is 12.2 Å². The van der Waals surface area contributed by atoms with Gasteiger partial charge in [-0.1, -0.05) is 18.2 Å². The standard InChI is InChI=1S/C22H15F3N2O2/c23-14-5-7-15(8-6-14)27-21(28)16-9-4-13(22-26-10-11-29-22)12-17(16)20-18(24)2-1-3-19(20)25/h1-3,5-13H,4H2,(H,27,28). The van der Waals surface area contributed by atoms with Crippen LogP contribution in [0, 0.1) is 17.5 Å². The molecular formula is C22H15F3N2O2. The van der Waals surface area contributed by atoms with Crippen LogP contribution in [0.25, 0.3) is 5.57 Å². The van der Waals surface area contributed by atoms with Crippen molar-refractivity contribution in [2.75, 3.05) is 5.32 Å². The molecule has 0 aliphatic heterocycles. The van der Waals surface area contributed by atoms with Gasteiger partial charge in [-0.25, -0.2) is 18.2 Å². The molecule has 1 aliphatic rings. The largest absolute Gasteiger partial charge is 0.448 e. The molecule has 1 aromatic heterocycles. The Balaban J connectivity index is 1.73. The molecule has 1 aliphatic carbocycles. The van der Waals surface area contributed by atoms with Crippen molar-refractivity contribution in [1.29, 1.82) is 0 Å². The molecule has 0 saturated heterocycles. The zero-order valence-electron chi connectivity index (χ0n) is 15.0.